The highest BCUT2D eigenvalue weighted by molar-refractivity contribution is 5.95. The minimum atomic E-state index is -0.596. The first-order chi connectivity index (χ1) is 13.5. The summed E-state index contributed by atoms with van der Waals surface area (Å²) >= 11 is 0. The average Bonchev–Trinajstić information content (AvgIpc) is 2.70. The molecule has 1 unspecified atom stereocenters. The first-order valence-corrected chi connectivity index (χ1v) is 9.53. The molecule has 2 aromatic rings. The molecule has 6 heteroatoms. The van der Waals surface area contributed by atoms with Crippen LogP contribution in [0.15, 0.2) is 48.5 Å². The predicted octanol–water partition coefficient (Wildman–Crippen LogP) is 1.93. The third-order valence-electron chi connectivity index (χ3n) is 4.98. The number of aliphatic hydroxyl groups excluding tert-OH is 1. The highest BCUT2D eigenvalue weighted by atomic mass is 16.5. The predicted molar refractivity (Wildman–Crippen MR) is 106 cm³/mol. The Morgan fingerprint density at radius 1 is 1.11 bits per heavy atom. The molecule has 0 aromatic heterocycles. The summed E-state index contributed by atoms with van der Waals surface area (Å²) in [5.74, 6) is -0.417. The number of nitrogens with zero attached hydrogens (tertiary/aromatic N) is 1. The smallest absolute Gasteiger partial charge is 0.252 e. The van der Waals surface area contributed by atoms with Crippen LogP contribution in [0.5, 0.6) is 5.75 Å². The SMILES string of the molecule is NC(=O)c1ccccc1OCC(=O)CCC(O)CN1CCc2ccccc2C1. The number of hydrogen-bond donors (Lipinski definition) is 2. The molecule has 6 nitrogen and oxygen atoms in total. The van der Waals surface area contributed by atoms with Crippen molar-refractivity contribution in [3.63, 3.8) is 0 Å². The fraction of sp³-hybridized carbons (Fsp3) is 0.364. The molecule has 1 amide bonds. The molecule has 1 heterocycles. The van der Waals surface area contributed by atoms with Gasteiger partial charge in [-0.05, 0) is 36.1 Å². The largest absolute Gasteiger partial charge is 0.485 e. The van der Waals surface area contributed by atoms with E-state index >= 15 is 0 Å². The molecule has 148 valence electrons. The van der Waals surface area contributed by atoms with Crippen molar-refractivity contribution in [2.45, 2.75) is 31.9 Å². The van der Waals surface area contributed by atoms with Gasteiger partial charge in [-0.25, -0.2) is 0 Å². The zero-order chi connectivity index (χ0) is 19.9. The maximum absolute atomic E-state index is 12.1. The van der Waals surface area contributed by atoms with Gasteiger partial charge < -0.3 is 15.6 Å². The van der Waals surface area contributed by atoms with Gasteiger partial charge in [0.1, 0.15) is 12.4 Å². The molecule has 0 fully saturated rings. The average molecular weight is 382 g/mol. The van der Waals surface area contributed by atoms with Gasteiger partial charge in [-0.2, -0.15) is 0 Å². The summed E-state index contributed by atoms with van der Waals surface area (Å²) in [6.45, 7) is 2.14. The molecule has 0 saturated heterocycles. The van der Waals surface area contributed by atoms with Crippen LogP contribution in [-0.4, -0.2) is 47.5 Å². The number of fused-ring (bicyclic) bond motifs is 1. The maximum Gasteiger partial charge on any atom is 0.252 e. The van der Waals surface area contributed by atoms with Crippen LogP contribution in [0.3, 0.4) is 0 Å². The van der Waals surface area contributed by atoms with Crippen molar-refractivity contribution >= 4 is 11.7 Å². The summed E-state index contributed by atoms with van der Waals surface area (Å²) in [6, 6.07) is 14.9. The van der Waals surface area contributed by atoms with Gasteiger partial charge in [-0.3, -0.25) is 14.5 Å². The lowest BCUT2D eigenvalue weighted by atomic mass is 9.99. The van der Waals surface area contributed by atoms with Crippen LogP contribution in [0, 0.1) is 0 Å². The Hall–Kier alpha value is -2.70. The number of carbonyl (C=O) groups is 2. The number of primary amides is 1. The Morgan fingerprint density at radius 3 is 2.61 bits per heavy atom. The van der Waals surface area contributed by atoms with Crippen LogP contribution >= 0.6 is 0 Å². The Bertz CT molecular complexity index is 837. The summed E-state index contributed by atoms with van der Waals surface area (Å²) in [6.07, 6.45) is 1.03. The first kappa shape index (κ1) is 20.0. The third-order valence-corrected chi connectivity index (χ3v) is 4.98. The number of carbonyl (C=O) groups excluding carboxylic acids is 2. The van der Waals surface area contributed by atoms with Gasteiger partial charge in [0.25, 0.3) is 5.91 Å². The molecule has 0 aliphatic carbocycles. The van der Waals surface area contributed by atoms with E-state index in [-0.39, 0.29) is 24.4 Å². The molecule has 1 atom stereocenters. The van der Waals surface area contributed by atoms with Crippen LogP contribution in [-0.2, 0) is 17.8 Å². The van der Waals surface area contributed by atoms with Gasteiger partial charge in [-0.15, -0.1) is 0 Å². The van der Waals surface area contributed by atoms with Crippen LogP contribution in [0.1, 0.15) is 34.3 Å². The number of benzene rings is 2. The second kappa shape index (κ2) is 9.48. The lowest BCUT2D eigenvalue weighted by molar-refractivity contribution is -0.121. The van der Waals surface area contributed by atoms with E-state index in [0.29, 0.717) is 18.7 Å². The van der Waals surface area contributed by atoms with Crippen molar-refractivity contribution < 1.29 is 19.4 Å². The zero-order valence-corrected chi connectivity index (χ0v) is 15.8. The Morgan fingerprint density at radius 2 is 1.82 bits per heavy atom. The van der Waals surface area contributed by atoms with Crippen molar-refractivity contribution in [3.05, 3.63) is 65.2 Å². The van der Waals surface area contributed by atoms with E-state index in [4.69, 9.17) is 10.5 Å². The van der Waals surface area contributed by atoms with Gasteiger partial charge in [0.2, 0.25) is 0 Å². The summed E-state index contributed by atoms with van der Waals surface area (Å²) in [7, 11) is 0. The molecule has 2 aromatic carbocycles. The van der Waals surface area contributed by atoms with Gasteiger partial charge in [0, 0.05) is 26.1 Å². The second-order valence-corrected chi connectivity index (χ2v) is 7.13. The number of nitrogens with two attached hydrogens (primary N) is 1. The minimum absolute atomic E-state index is 0.123. The molecule has 3 rings (SSSR count). The summed E-state index contributed by atoms with van der Waals surface area (Å²) in [4.78, 5) is 25.7. The quantitative estimate of drug-likeness (QED) is 0.691. The van der Waals surface area contributed by atoms with Gasteiger partial charge in [-0.1, -0.05) is 36.4 Å². The number of β-amino-alcohol motifs (C(OH)–C–C–N with tert-alkyl or cyclic N) is 1. The van der Waals surface area contributed by atoms with Gasteiger partial charge >= 0.3 is 0 Å². The normalized spacial score (nSPS) is 14.9. The van der Waals surface area contributed by atoms with E-state index in [9.17, 15) is 14.7 Å². The molecule has 3 N–H and O–H groups in total. The fourth-order valence-corrected chi connectivity index (χ4v) is 3.45. The van der Waals surface area contributed by atoms with Crippen LogP contribution < -0.4 is 10.5 Å². The fourth-order valence-electron chi connectivity index (χ4n) is 3.45. The number of ketones is 1. The standard InChI is InChI=1S/C22H26N2O4/c23-22(27)20-7-3-4-8-21(20)28-15-19(26)10-9-18(25)14-24-12-11-16-5-1-2-6-17(16)13-24/h1-8,18,25H,9-15H2,(H2,23,27). The lowest BCUT2D eigenvalue weighted by Gasteiger charge is -2.30. The Labute approximate surface area is 164 Å². The second-order valence-electron chi connectivity index (χ2n) is 7.13. The van der Waals surface area contributed by atoms with Gasteiger partial charge in [0.15, 0.2) is 5.78 Å². The molecule has 0 radical (unpaired) electrons. The number of rotatable bonds is 9. The molecular formula is C22H26N2O4. The zero-order valence-electron chi connectivity index (χ0n) is 15.8. The molecule has 0 saturated carbocycles. The van der Waals surface area contributed by atoms with Crippen LogP contribution in [0.4, 0.5) is 0 Å². The highest BCUT2D eigenvalue weighted by Crippen LogP contribution is 2.19. The van der Waals surface area contributed by atoms with E-state index in [0.717, 1.165) is 19.5 Å². The molecule has 1 aliphatic rings. The number of Topliss-reactive ketones (excluding diaryl/α,β-unsaturated/α-hetero) is 1. The third kappa shape index (κ3) is 5.41. The number of aliphatic hydroxyl groups is 1. The van der Waals surface area contributed by atoms with E-state index < -0.39 is 12.0 Å². The van der Waals surface area contributed by atoms with Gasteiger partial charge in [0.05, 0.1) is 11.7 Å². The maximum atomic E-state index is 12.1. The van der Waals surface area contributed by atoms with E-state index in [1.54, 1.807) is 24.3 Å². The highest BCUT2D eigenvalue weighted by Gasteiger charge is 2.19. The van der Waals surface area contributed by atoms with E-state index in [1.165, 1.54) is 11.1 Å². The summed E-state index contributed by atoms with van der Waals surface area (Å²) in [5, 5.41) is 10.3. The molecular weight excluding hydrogens is 356 g/mol. The van der Waals surface area contributed by atoms with Crippen LogP contribution in [0.25, 0.3) is 0 Å². The van der Waals surface area contributed by atoms with Crippen LogP contribution in [0.2, 0.25) is 0 Å². The molecule has 1 aliphatic heterocycles. The molecule has 0 spiro atoms. The summed E-state index contributed by atoms with van der Waals surface area (Å²) < 4.78 is 5.44. The van der Waals surface area contributed by atoms with Crippen molar-refractivity contribution in [1.29, 1.82) is 0 Å². The Balaban J connectivity index is 1.41. The molecule has 28 heavy (non-hydrogen) atoms. The minimum Gasteiger partial charge on any atom is -0.485 e. The van der Waals surface area contributed by atoms with E-state index in [2.05, 4.69) is 23.1 Å². The number of amides is 1. The lowest BCUT2D eigenvalue weighted by Crippen LogP contribution is -2.36. The molecule has 0 bridgehead atoms. The Kier molecular flexibility index (Phi) is 6.79. The van der Waals surface area contributed by atoms with Crippen molar-refractivity contribution in [3.8, 4) is 5.75 Å². The van der Waals surface area contributed by atoms with E-state index in [1.807, 2.05) is 6.07 Å². The van der Waals surface area contributed by atoms with Crippen molar-refractivity contribution in [1.82, 2.24) is 4.90 Å². The van der Waals surface area contributed by atoms with Crippen molar-refractivity contribution in [2.24, 2.45) is 5.73 Å². The number of hydrogen-bond acceptors (Lipinski definition) is 5. The first-order valence-electron chi connectivity index (χ1n) is 9.53. The number of ether oxygens (including phenoxy) is 1. The van der Waals surface area contributed by atoms with Crippen molar-refractivity contribution in [2.75, 3.05) is 19.7 Å². The monoisotopic (exact) mass is 382 g/mol. The topological polar surface area (TPSA) is 92.9 Å². The summed E-state index contributed by atoms with van der Waals surface area (Å²) in [5.41, 5.74) is 8.22. The number of para-hydroxylation sites is 1.